The Kier molecular flexibility index (Phi) is 9.46. The molecule has 0 spiro atoms. The smallest absolute Gasteiger partial charge is 0.00405 e. The van der Waals surface area contributed by atoms with Gasteiger partial charge in [0.25, 0.3) is 0 Å². The van der Waals surface area contributed by atoms with Crippen molar-refractivity contribution in [2.45, 2.75) is 100 Å². The average Bonchev–Trinajstić information content (AvgIpc) is 2.45. The molecule has 2 fully saturated rings. The molecule has 2 nitrogen and oxygen atoms in total. The molecule has 1 saturated carbocycles. The number of hydrogen-bond donors (Lipinski definition) is 1. The predicted octanol–water partition coefficient (Wildman–Crippen LogP) is 5.82. The van der Waals surface area contributed by atoms with Crippen LogP contribution in [0.4, 0.5) is 0 Å². The lowest BCUT2D eigenvalue weighted by Gasteiger charge is -2.45. The average molecular weight is 353 g/mol. The quantitative estimate of drug-likeness (QED) is 0.648. The molecular formula is C23H48N2. The van der Waals surface area contributed by atoms with Gasteiger partial charge in [-0.3, -0.25) is 0 Å². The molecule has 150 valence electrons. The van der Waals surface area contributed by atoms with Gasteiger partial charge in [0.05, 0.1) is 0 Å². The third-order valence-electron chi connectivity index (χ3n) is 6.91. The van der Waals surface area contributed by atoms with E-state index in [-0.39, 0.29) is 0 Å². The summed E-state index contributed by atoms with van der Waals surface area (Å²) in [6, 6.07) is 1.38. The fraction of sp³-hybridized carbons (Fsp3) is 1.00. The number of rotatable bonds is 6. The largest absolute Gasteiger partial charge is 0.314 e. The van der Waals surface area contributed by atoms with E-state index in [4.69, 9.17) is 0 Å². The number of hydrogen-bond acceptors (Lipinski definition) is 2. The third-order valence-corrected chi connectivity index (χ3v) is 6.91. The third kappa shape index (κ3) is 7.59. The van der Waals surface area contributed by atoms with Gasteiger partial charge in [-0.1, -0.05) is 48.5 Å². The Hall–Kier alpha value is -0.0800. The van der Waals surface area contributed by atoms with Gasteiger partial charge in [0.2, 0.25) is 0 Å². The number of nitrogens with zero attached hydrogens (tertiary/aromatic N) is 1. The van der Waals surface area contributed by atoms with E-state index in [0.717, 1.165) is 29.7 Å². The molecule has 0 amide bonds. The molecule has 1 N–H and O–H groups in total. The molecule has 0 bridgehead atoms. The summed E-state index contributed by atoms with van der Waals surface area (Å²) >= 11 is 0. The lowest BCUT2D eigenvalue weighted by molar-refractivity contribution is 0.0450. The normalized spacial score (nSPS) is 30.6. The second kappa shape index (κ2) is 10.3. The van der Waals surface area contributed by atoms with E-state index in [9.17, 15) is 0 Å². The van der Waals surface area contributed by atoms with E-state index < -0.39 is 0 Å². The monoisotopic (exact) mass is 352 g/mol. The SMILES string of the molecule is CC(C)N1CCCC(C)(C(C)C)C1.CC(C)NCC1CC(C(C)C)C1. The van der Waals surface area contributed by atoms with Gasteiger partial charge in [-0.2, -0.15) is 0 Å². The van der Waals surface area contributed by atoms with Crippen molar-refractivity contribution >= 4 is 0 Å². The Morgan fingerprint density at radius 1 is 1.00 bits per heavy atom. The zero-order valence-corrected chi connectivity index (χ0v) is 18.9. The van der Waals surface area contributed by atoms with Crippen LogP contribution in [0.5, 0.6) is 0 Å². The highest BCUT2D eigenvalue weighted by molar-refractivity contribution is 4.87. The first-order chi connectivity index (χ1) is 11.5. The van der Waals surface area contributed by atoms with Crippen molar-refractivity contribution in [1.29, 1.82) is 0 Å². The van der Waals surface area contributed by atoms with Crippen molar-refractivity contribution in [3.05, 3.63) is 0 Å². The molecule has 1 unspecified atom stereocenters. The van der Waals surface area contributed by atoms with Crippen LogP contribution in [0.1, 0.15) is 88.0 Å². The highest BCUT2D eigenvalue weighted by atomic mass is 15.2. The summed E-state index contributed by atoms with van der Waals surface area (Å²) in [4.78, 5) is 2.63. The van der Waals surface area contributed by atoms with E-state index in [1.54, 1.807) is 0 Å². The van der Waals surface area contributed by atoms with Crippen LogP contribution >= 0.6 is 0 Å². The Labute approximate surface area is 159 Å². The van der Waals surface area contributed by atoms with Crippen LogP contribution in [0.2, 0.25) is 0 Å². The molecule has 1 aliphatic heterocycles. The molecule has 0 aromatic carbocycles. The fourth-order valence-corrected chi connectivity index (χ4v) is 4.12. The van der Waals surface area contributed by atoms with Crippen molar-refractivity contribution in [3.8, 4) is 0 Å². The van der Waals surface area contributed by atoms with E-state index in [2.05, 4.69) is 72.5 Å². The zero-order valence-electron chi connectivity index (χ0n) is 18.9. The maximum atomic E-state index is 3.51. The van der Waals surface area contributed by atoms with Gasteiger partial charge in [0.1, 0.15) is 0 Å². The molecular weight excluding hydrogens is 304 g/mol. The van der Waals surface area contributed by atoms with Gasteiger partial charge in [-0.05, 0) is 81.7 Å². The Balaban J connectivity index is 0.000000251. The van der Waals surface area contributed by atoms with Gasteiger partial charge < -0.3 is 10.2 Å². The first-order valence-electron chi connectivity index (χ1n) is 11.0. The Bertz CT molecular complexity index is 352. The Morgan fingerprint density at radius 2 is 1.60 bits per heavy atom. The van der Waals surface area contributed by atoms with Gasteiger partial charge in [0, 0.05) is 18.6 Å². The van der Waals surface area contributed by atoms with Crippen LogP contribution in [-0.4, -0.2) is 36.6 Å². The summed E-state index contributed by atoms with van der Waals surface area (Å²) in [6.07, 6.45) is 5.70. The second-order valence-electron chi connectivity index (χ2n) is 10.4. The minimum atomic E-state index is 0.558. The minimum Gasteiger partial charge on any atom is -0.314 e. The first-order valence-corrected chi connectivity index (χ1v) is 11.0. The highest BCUT2D eigenvalue weighted by Gasteiger charge is 2.34. The first kappa shape index (κ1) is 23.0. The number of likely N-dealkylation sites (tertiary alicyclic amines) is 1. The maximum Gasteiger partial charge on any atom is 0.00405 e. The minimum absolute atomic E-state index is 0.558. The number of piperidine rings is 1. The fourth-order valence-electron chi connectivity index (χ4n) is 4.12. The second-order valence-corrected chi connectivity index (χ2v) is 10.4. The Morgan fingerprint density at radius 3 is 2.04 bits per heavy atom. The van der Waals surface area contributed by atoms with Crippen molar-refractivity contribution in [2.24, 2.45) is 29.1 Å². The molecule has 0 aromatic heterocycles. The summed E-state index contributed by atoms with van der Waals surface area (Å²) < 4.78 is 0. The van der Waals surface area contributed by atoms with Crippen LogP contribution in [0.3, 0.4) is 0 Å². The summed E-state index contributed by atoms with van der Waals surface area (Å²) in [5.74, 6) is 3.71. The molecule has 1 atom stereocenters. The molecule has 1 heterocycles. The summed E-state index contributed by atoms with van der Waals surface area (Å²) in [6.45, 7) is 24.8. The lowest BCUT2D eigenvalue weighted by atomic mass is 9.69. The summed E-state index contributed by atoms with van der Waals surface area (Å²) in [5, 5.41) is 3.51. The van der Waals surface area contributed by atoms with Gasteiger partial charge in [-0.15, -0.1) is 0 Å². The highest BCUT2D eigenvalue weighted by Crippen LogP contribution is 2.38. The predicted molar refractivity (Wildman–Crippen MR) is 113 cm³/mol. The molecule has 25 heavy (non-hydrogen) atoms. The summed E-state index contributed by atoms with van der Waals surface area (Å²) in [7, 11) is 0. The summed E-state index contributed by atoms with van der Waals surface area (Å²) in [5.41, 5.74) is 0.558. The molecule has 2 aliphatic rings. The maximum absolute atomic E-state index is 3.51. The van der Waals surface area contributed by atoms with Crippen molar-refractivity contribution < 1.29 is 0 Å². The van der Waals surface area contributed by atoms with E-state index in [0.29, 0.717) is 11.5 Å². The molecule has 1 saturated heterocycles. The van der Waals surface area contributed by atoms with Gasteiger partial charge >= 0.3 is 0 Å². The lowest BCUT2D eigenvalue weighted by Crippen LogP contribution is -2.47. The van der Waals surface area contributed by atoms with Gasteiger partial charge in [-0.25, -0.2) is 0 Å². The van der Waals surface area contributed by atoms with Crippen molar-refractivity contribution in [1.82, 2.24) is 10.2 Å². The van der Waals surface area contributed by atoms with Crippen LogP contribution in [0, 0.1) is 29.1 Å². The van der Waals surface area contributed by atoms with Gasteiger partial charge in [0.15, 0.2) is 0 Å². The van der Waals surface area contributed by atoms with Crippen LogP contribution in [-0.2, 0) is 0 Å². The topological polar surface area (TPSA) is 15.3 Å². The van der Waals surface area contributed by atoms with E-state index in [1.807, 2.05) is 0 Å². The van der Waals surface area contributed by atoms with Crippen LogP contribution < -0.4 is 5.32 Å². The molecule has 0 aromatic rings. The zero-order chi connectivity index (χ0) is 19.2. The van der Waals surface area contributed by atoms with Crippen LogP contribution in [0.25, 0.3) is 0 Å². The molecule has 2 rings (SSSR count). The molecule has 2 heteroatoms. The standard InChI is InChI=1S/C12H25N.C11H23N/c1-10(2)12(5)7-6-8-13(9-12)11(3)4;1-8(2)11-5-10(6-11)7-12-9(3)4/h10-11H,6-9H2,1-5H3;8-12H,5-7H2,1-4H3. The van der Waals surface area contributed by atoms with Crippen molar-refractivity contribution in [2.75, 3.05) is 19.6 Å². The molecule has 1 aliphatic carbocycles. The number of nitrogens with one attached hydrogen (secondary N) is 1. The van der Waals surface area contributed by atoms with Crippen LogP contribution in [0.15, 0.2) is 0 Å². The van der Waals surface area contributed by atoms with Crippen molar-refractivity contribution in [3.63, 3.8) is 0 Å². The van der Waals surface area contributed by atoms with E-state index >= 15 is 0 Å². The van der Waals surface area contributed by atoms with E-state index in [1.165, 1.54) is 45.3 Å². The molecule has 0 radical (unpaired) electrons.